The molecule has 1 fully saturated rings. The molecule has 0 spiro atoms. The predicted molar refractivity (Wildman–Crippen MR) is 168 cm³/mol. The first-order valence-electron chi connectivity index (χ1n) is 14.4. The van der Waals surface area contributed by atoms with Gasteiger partial charge in [-0.2, -0.15) is 0 Å². The van der Waals surface area contributed by atoms with Crippen molar-refractivity contribution in [3.05, 3.63) is 65.4 Å². The van der Waals surface area contributed by atoms with E-state index in [2.05, 4.69) is 66.0 Å². The number of rotatable bonds is 12. The number of benzene rings is 2. The molecule has 0 bridgehead atoms. The maximum atomic E-state index is 13.0. The molecule has 3 aromatic rings. The largest absolute Gasteiger partial charge is 0.431 e. The van der Waals surface area contributed by atoms with E-state index in [9.17, 15) is 9.59 Å². The lowest BCUT2D eigenvalue weighted by Gasteiger charge is -2.34. The number of carbonyl (C=O) groups is 2. The molecule has 1 amide bonds. The van der Waals surface area contributed by atoms with Gasteiger partial charge in [0.25, 0.3) is 5.22 Å². The van der Waals surface area contributed by atoms with Crippen molar-refractivity contribution in [3.8, 4) is 0 Å². The number of para-hydroxylation sites is 2. The van der Waals surface area contributed by atoms with Gasteiger partial charge in [0.05, 0.1) is 12.1 Å². The van der Waals surface area contributed by atoms with E-state index in [1.807, 2.05) is 31.1 Å². The average molecular weight is 578 g/mol. The molecule has 0 aliphatic carbocycles. The first-order chi connectivity index (χ1) is 19.6. The molecule has 1 N–H and O–H groups in total. The fourth-order valence-corrected chi connectivity index (χ4v) is 5.83. The smallest absolute Gasteiger partial charge is 0.256 e. The molecule has 8 nitrogen and oxygen atoms in total. The molecule has 0 atom stereocenters. The third kappa shape index (κ3) is 8.21. The van der Waals surface area contributed by atoms with Gasteiger partial charge in [-0.1, -0.05) is 63.7 Å². The molecule has 0 saturated carbocycles. The number of fused-ring (bicyclic) bond motifs is 1. The van der Waals surface area contributed by atoms with Crippen LogP contribution in [0.2, 0.25) is 0 Å². The molecule has 1 aromatic heterocycles. The van der Waals surface area contributed by atoms with Crippen molar-refractivity contribution in [2.45, 2.75) is 44.8 Å². The minimum Gasteiger partial charge on any atom is -0.431 e. The number of oxazole rings is 1. The van der Waals surface area contributed by atoms with Crippen LogP contribution in [-0.2, 0) is 4.79 Å². The van der Waals surface area contributed by atoms with Gasteiger partial charge in [-0.3, -0.25) is 19.4 Å². The molecule has 2 aromatic carbocycles. The quantitative estimate of drug-likeness (QED) is 0.167. The van der Waals surface area contributed by atoms with Gasteiger partial charge in [-0.05, 0) is 35.1 Å². The third-order valence-corrected chi connectivity index (χ3v) is 8.10. The van der Waals surface area contributed by atoms with E-state index in [4.69, 9.17) is 4.42 Å². The van der Waals surface area contributed by atoms with E-state index < -0.39 is 0 Å². The van der Waals surface area contributed by atoms with Crippen molar-refractivity contribution < 1.29 is 14.0 Å². The molecule has 1 saturated heterocycles. The number of anilines is 1. The van der Waals surface area contributed by atoms with Gasteiger partial charge in [0, 0.05) is 70.5 Å². The van der Waals surface area contributed by atoms with Crippen LogP contribution in [-0.4, -0.2) is 90.5 Å². The first-order valence-corrected chi connectivity index (χ1v) is 15.4. The summed E-state index contributed by atoms with van der Waals surface area (Å²) in [4.78, 5) is 36.7. The number of thioether (sulfide) groups is 1. The molecule has 220 valence electrons. The minimum atomic E-state index is -0.104. The number of amides is 1. The third-order valence-electron chi connectivity index (χ3n) is 7.29. The molecule has 9 heteroatoms. The highest BCUT2D eigenvalue weighted by molar-refractivity contribution is 7.99. The zero-order chi connectivity index (χ0) is 29.5. The molecule has 1 aliphatic heterocycles. The van der Waals surface area contributed by atoms with Crippen molar-refractivity contribution in [1.82, 2.24) is 19.7 Å². The van der Waals surface area contributed by atoms with Crippen molar-refractivity contribution in [2.75, 3.05) is 64.4 Å². The van der Waals surface area contributed by atoms with Gasteiger partial charge in [0.1, 0.15) is 5.52 Å². The van der Waals surface area contributed by atoms with Gasteiger partial charge < -0.3 is 14.6 Å². The summed E-state index contributed by atoms with van der Waals surface area (Å²) in [7, 11) is 3.75. The van der Waals surface area contributed by atoms with Gasteiger partial charge in [0.15, 0.2) is 11.4 Å². The zero-order valence-corrected chi connectivity index (χ0v) is 26.0. The van der Waals surface area contributed by atoms with E-state index in [0.717, 1.165) is 44.2 Å². The second kappa shape index (κ2) is 14.2. The Morgan fingerprint density at radius 1 is 1.00 bits per heavy atom. The lowest BCUT2D eigenvalue weighted by molar-refractivity contribution is -0.117. The van der Waals surface area contributed by atoms with Crippen LogP contribution < -0.4 is 5.32 Å². The number of ketones is 1. The Hall–Kier alpha value is -3.14. The van der Waals surface area contributed by atoms with Gasteiger partial charge in [-0.15, -0.1) is 0 Å². The Labute approximate surface area is 248 Å². The molecule has 0 unspecified atom stereocenters. The van der Waals surface area contributed by atoms with E-state index in [0.29, 0.717) is 40.3 Å². The highest BCUT2D eigenvalue weighted by Crippen LogP contribution is 2.32. The number of carbonyl (C=O) groups excluding carboxylic acids is 2. The molecular formula is C32H43N5O3S. The first kappa shape index (κ1) is 30.8. The number of allylic oxidation sites excluding steroid dienone is 1. The Kier molecular flexibility index (Phi) is 10.6. The molecule has 1 aliphatic rings. The van der Waals surface area contributed by atoms with Crippen LogP contribution in [0.3, 0.4) is 0 Å². The maximum Gasteiger partial charge on any atom is 0.256 e. The molecular weight excluding hydrogens is 534 g/mol. The second-order valence-electron chi connectivity index (χ2n) is 11.4. The number of nitrogens with one attached hydrogen (secondary N) is 1. The predicted octanol–water partition coefficient (Wildman–Crippen LogP) is 5.68. The maximum absolute atomic E-state index is 13.0. The van der Waals surface area contributed by atoms with Crippen LogP contribution in [0.5, 0.6) is 0 Å². The lowest BCUT2D eigenvalue weighted by atomic mass is 9.92. The van der Waals surface area contributed by atoms with Gasteiger partial charge in [0.2, 0.25) is 5.91 Å². The standard InChI is InChI=1S/C32H43N5O3S/c1-22(2)24-9-7-10-25(23(3)4)30(24)34-29(39)21-37-17-15-36(16-18-37)19-20-41-32-33-27-12-8-11-26(31(27)40-32)28(38)13-14-35(5)6/h7-14,22-23H,15-21H2,1-6H3,(H,34,39)/b14-13+. The van der Waals surface area contributed by atoms with Crippen molar-refractivity contribution in [3.63, 3.8) is 0 Å². The fraction of sp³-hybridized carbons (Fsp3) is 0.469. The van der Waals surface area contributed by atoms with Crippen LogP contribution in [0.25, 0.3) is 11.1 Å². The fourth-order valence-electron chi connectivity index (χ4n) is 5.00. The summed E-state index contributed by atoms with van der Waals surface area (Å²) in [5.74, 6) is 1.47. The van der Waals surface area contributed by atoms with Crippen LogP contribution in [0.4, 0.5) is 5.69 Å². The van der Waals surface area contributed by atoms with E-state index in [-0.39, 0.29) is 11.7 Å². The normalized spacial score (nSPS) is 14.9. The summed E-state index contributed by atoms with van der Waals surface area (Å²) < 4.78 is 5.98. The number of hydrogen-bond donors (Lipinski definition) is 1. The lowest BCUT2D eigenvalue weighted by Crippen LogP contribution is -2.49. The summed E-state index contributed by atoms with van der Waals surface area (Å²) in [6.45, 7) is 13.5. The number of aromatic nitrogens is 1. The van der Waals surface area contributed by atoms with E-state index >= 15 is 0 Å². The van der Waals surface area contributed by atoms with Gasteiger partial charge >= 0.3 is 0 Å². The van der Waals surface area contributed by atoms with Crippen LogP contribution >= 0.6 is 11.8 Å². The minimum absolute atomic E-state index is 0.0509. The molecule has 41 heavy (non-hydrogen) atoms. The second-order valence-corrected chi connectivity index (χ2v) is 12.5. The molecule has 2 heterocycles. The zero-order valence-electron chi connectivity index (χ0n) is 25.1. The van der Waals surface area contributed by atoms with E-state index in [1.165, 1.54) is 11.1 Å². The van der Waals surface area contributed by atoms with Crippen molar-refractivity contribution >= 4 is 40.2 Å². The number of nitrogens with zero attached hydrogens (tertiary/aromatic N) is 4. The monoisotopic (exact) mass is 577 g/mol. The Morgan fingerprint density at radius 2 is 1.63 bits per heavy atom. The number of hydrogen-bond acceptors (Lipinski definition) is 8. The Bertz CT molecular complexity index is 1350. The number of piperazine rings is 1. The van der Waals surface area contributed by atoms with Crippen molar-refractivity contribution in [2.24, 2.45) is 0 Å². The highest BCUT2D eigenvalue weighted by Gasteiger charge is 2.21. The average Bonchev–Trinajstić information content (AvgIpc) is 3.35. The summed E-state index contributed by atoms with van der Waals surface area (Å²) in [6, 6.07) is 11.8. The highest BCUT2D eigenvalue weighted by atomic mass is 32.2. The summed E-state index contributed by atoms with van der Waals surface area (Å²) in [5, 5.41) is 3.82. The van der Waals surface area contributed by atoms with Crippen molar-refractivity contribution in [1.29, 1.82) is 0 Å². The SMILES string of the molecule is CC(C)c1cccc(C(C)C)c1NC(=O)CN1CCN(CCSc2nc3cccc(C(=O)/C=C/N(C)C)c3o2)CC1. The Morgan fingerprint density at radius 3 is 2.27 bits per heavy atom. The van der Waals surface area contributed by atoms with Crippen LogP contribution in [0.1, 0.15) is 61.0 Å². The molecule has 4 rings (SSSR count). The topological polar surface area (TPSA) is 81.9 Å². The summed E-state index contributed by atoms with van der Waals surface area (Å²) >= 11 is 1.56. The van der Waals surface area contributed by atoms with Crippen LogP contribution in [0, 0.1) is 0 Å². The van der Waals surface area contributed by atoms with Crippen LogP contribution in [0.15, 0.2) is 58.3 Å². The van der Waals surface area contributed by atoms with Gasteiger partial charge in [-0.25, -0.2) is 4.98 Å². The Balaban J connectivity index is 1.25. The summed E-state index contributed by atoms with van der Waals surface area (Å²) in [5.41, 5.74) is 5.11. The molecule has 0 radical (unpaired) electrons. The van der Waals surface area contributed by atoms with E-state index in [1.54, 1.807) is 30.1 Å². The summed E-state index contributed by atoms with van der Waals surface area (Å²) in [6.07, 6.45) is 3.27.